The number of likely N-dealkylation sites (tertiary alicyclic amines) is 1. The number of hydrogen-bond donors (Lipinski definition) is 1. The number of nitrogens with zero attached hydrogens (tertiary/aromatic N) is 2. The smallest absolute Gasteiger partial charge is 0.174 e. The van der Waals surface area contributed by atoms with E-state index in [0.29, 0.717) is 12.6 Å². The number of anilines is 1. The second kappa shape index (κ2) is 8.14. The zero-order chi connectivity index (χ0) is 16.9. The molecule has 2 aromatic rings. The van der Waals surface area contributed by atoms with Crippen molar-refractivity contribution in [2.24, 2.45) is 0 Å². The van der Waals surface area contributed by atoms with E-state index in [2.05, 4.69) is 38.1 Å². The first kappa shape index (κ1) is 17.5. The Morgan fingerprint density at radius 3 is 2.62 bits per heavy atom. The molecule has 1 aromatic heterocycles. The summed E-state index contributed by atoms with van der Waals surface area (Å²) < 4.78 is 6.60. The van der Waals surface area contributed by atoms with Crippen molar-refractivity contribution in [3.05, 3.63) is 52.9 Å². The van der Waals surface area contributed by atoms with Crippen LogP contribution in [0.4, 0.5) is 5.69 Å². The number of benzene rings is 1. The van der Waals surface area contributed by atoms with Gasteiger partial charge in [-0.2, -0.15) is 0 Å². The average Bonchev–Trinajstić information content (AvgIpc) is 3.09. The quantitative estimate of drug-likeness (QED) is 0.761. The van der Waals surface area contributed by atoms with Crippen molar-refractivity contribution in [3.8, 4) is 0 Å². The topological polar surface area (TPSA) is 31.6 Å². The Kier molecular flexibility index (Phi) is 5.92. The maximum atomic E-state index is 5.72. The summed E-state index contributed by atoms with van der Waals surface area (Å²) >= 11 is 9.18. The van der Waals surface area contributed by atoms with Gasteiger partial charge in [-0.05, 0) is 81.6 Å². The van der Waals surface area contributed by atoms with Crippen LogP contribution < -0.4 is 5.32 Å². The number of halogens is 1. The largest absolute Gasteiger partial charge is 0.467 e. The zero-order valence-electron chi connectivity index (χ0n) is 13.7. The summed E-state index contributed by atoms with van der Waals surface area (Å²) in [6.45, 7) is 2.89. The fraction of sp³-hybridized carbons (Fsp3) is 0.389. The summed E-state index contributed by atoms with van der Waals surface area (Å²) in [5.41, 5.74) is 1.00. The average molecular weight is 408 g/mol. The van der Waals surface area contributed by atoms with Crippen LogP contribution in [0.1, 0.15) is 18.6 Å². The number of hydrogen-bond acceptors (Lipinski definition) is 3. The van der Waals surface area contributed by atoms with Crippen LogP contribution in [0.3, 0.4) is 0 Å². The molecule has 1 N–H and O–H groups in total. The van der Waals surface area contributed by atoms with E-state index in [1.165, 1.54) is 0 Å². The Bertz CT molecular complexity index is 651. The molecule has 128 valence electrons. The van der Waals surface area contributed by atoms with Gasteiger partial charge in [-0.15, -0.1) is 0 Å². The SMILES string of the molecule is CN1CCC(N(Cc2ccco2)C(=S)Nc2ccc(Br)cc2)CC1. The molecule has 1 aliphatic rings. The van der Waals surface area contributed by atoms with Crippen molar-refractivity contribution in [2.45, 2.75) is 25.4 Å². The van der Waals surface area contributed by atoms with Crippen molar-refractivity contribution in [1.82, 2.24) is 9.80 Å². The van der Waals surface area contributed by atoms with Crippen LogP contribution in [0.15, 0.2) is 51.6 Å². The van der Waals surface area contributed by atoms with Gasteiger partial charge < -0.3 is 19.5 Å². The van der Waals surface area contributed by atoms with E-state index >= 15 is 0 Å². The molecule has 2 heterocycles. The van der Waals surface area contributed by atoms with Crippen LogP contribution in [0, 0.1) is 0 Å². The summed E-state index contributed by atoms with van der Waals surface area (Å²) in [4.78, 5) is 4.63. The Labute approximate surface area is 156 Å². The third-order valence-corrected chi connectivity index (χ3v) is 5.26. The van der Waals surface area contributed by atoms with Gasteiger partial charge in [0.1, 0.15) is 5.76 Å². The van der Waals surface area contributed by atoms with Crippen molar-refractivity contribution in [1.29, 1.82) is 0 Å². The van der Waals surface area contributed by atoms with E-state index in [1.807, 2.05) is 36.4 Å². The molecule has 1 aliphatic heterocycles. The molecule has 0 unspecified atom stereocenters. The summed E-state index contributed by atoms with van der Waals surface area (Å²) in [5, 5.41) is 4.12. The molecule has 3 rings (SSSR count). The molecular weight excluding hydrogens is 386 g/mol. The number of furan rings is 1. The molecule has 0 saturated carbocycles. The van der Waals surface area contributed by atoms with Gasteiger partial charge >= 0.3 is 0 Å². The Balaban J connectivity index is 1.72. The number of piperidine rings is 1. The summed E-state index contributed by atoms with van der Waals surface area (Å²) in [6, 6.07) is 12.4. The lowest BCUT2D eigenvalue weighted by Gasteiger charge is -2.38. The van der Waals surface area contributed by atoms with Gasteiger partial charge in [-0.3, -0.25) is 0 Å². The van der Waals surface area contributed by atoms with Crippen molar-refractivity contribution in [3.63, 3.8) is 0 Å². The molecule has 0 atom stereocenters. The summed E-state index contributed by atoms with van der Waals surface area (Å²) in [5.74, 6) is 0.939. The fourth-order valence-corrected chi connectivity index (χ4v) is 3.57. The third-order valence-electron chi connectivity index (χ3n) is 4.39. The molecule has 6 heteroatoms. The van der Waals surface area contributed by atoms with Gasteiger partial charge in [-0.25, -0.2) is 0 Å². The highest BCUT2D eigenvalue weighted by Crippen LogP contribution is 2.21. The third kappa shape index (κ3) is 4.59. The molecule has 1 aromatic carbocycles. The van der Waals surface area contributed by atoms with Crippen LogP contribution >= 0.6 is 28.1 Å². The van der Waals surface area contributed by atoms with E-state index in [-0.39, 0.29) is 0 Å². The molecule has 1 fully saturated rings. The maximum absolute atomic E-state index is 5.72. The van der Waals surface area contributed by atoms with Gasteiger partial charge in [0.25, 0.3) is 0 Å². The second-order valence-electron chi connectivity index (χ2n) is 6.18. The number of rotatable bonds is 4. The highest BCUT2D eigenvalue weighted by Gasteiger charge is 2.26. The minimum Gasteiger partial charge on any atom is -0.467 e. The van der Waals surface area contributed by atoms with Crippen molar-refractivity contribution >= 4 is 38.9 Å². The van der Waals surface area contributed by atoms with Crippen molar-refractivity contribution in [2.75, 3.05) is 25.5 Å². The molecule has 1 saturated heterocycles. The highest BCUT2D eigenvalue weighted by molar-refractivity contribution is 9.10. The van der Waals surface area contributed by atoms with E-state index in [9.17, 15) is 0 Å². The first-order valence-electron chi connectivity index (χ1n) is 8.16. The number of thiocarbonyl (C=S) groups is 1. The molecule has 0 spiro atoms. The first-order valence-corrected chi connectivity index (χ1v) is 9.36. The van der Waals surface area contributed by atoms with Crippen LogP contribution in [0.2, 0.25) is 0 Å². The first-order chi connectivity index (χ1) is 11.6. The predicted molar refractivity (Wildman–Crippen MR) is 105 cm³/mol. The standard InChI is InChI=1S/C18H22BrN3OS/c1-21-10-8-16(9-11-21)22(13-17-3-2-12-23-17)18(24)20-15-6-4-14(19)5-7-15/h2-7,12,16H,8-11,13H2,1H3,(H,20,24). The Hall–Kier alpha value is -1.37. The monoisotopic (exact) mass is 407 g/mol. The lowest BCUT2D eigenvalue weighted by atomic mass is 10.0. The maximum Gasteiger partial charge on any atom is 0.174 e. The molecular formula is C18H22BrN3OS. The van der Waals surface area contributed by atoms with Crippen molar-refractivity contribution < 1.29 is 4.42 Å². The van der Waals surface area contributed by atoms with Gasteiger partial charge in [0, 0.05) is 16.2 Å². The van der Waals surface area contributed by atoms with Gasteiger partial charge in [-0.1, -0.05) is 15.9 Å². The minimum atomic E-state index is 0.432. The van der Waals surface area contributed by atoms with Crippen LogP contribution in [0.5, 0.6) is 0 Å². The lowest BCUT2D eigenvalue weighted by molar-refractivity contribution is 0.168. The van der Waals surface area contributed by atoms with E-state index in [1.54, 1.807) is 6.26 Å². The van der Waals surface area contributed by atoms with Gasteiger partial charge in [0.2, 0.25) is 0 Å². The normalized spacial score (nSPS) is 16.1. The van der Waals surface area contributed by atoms with Gasteiger partial charge in [0.05, 0.1) is 12.8 Å². The van der Waals surface area contributed by atoms with Gasteiger partial charge in [0.15, 0.2) is 5.11 Å². The van der Waals surface area contributed by atoms with E-state index < -0.39 is 0 Å². The van der Waals surface area contributed by atoms with Crippen LogP contribution in [0.25, 0.3) is 0 Å². The van der Waals surface area contributed by atoms with E-state index in [4.69, 9.17) is 16.6 Å². The fourth-order valence-electron chi connectivity index (χ4n) is 2.97. The lowest BCUT2D eigenvalue weighted by Crippen LogP contribution is -2.47. The predicted octanol–water partition coefficient (Wildman–Crippen LogP) is 4.34. The molecule has 24 heavy (non-hydrogen) atoms. The molecule has 0 radical (unpaired) electrons. The molecule has 4 nitrogen and oxygen atoms in total. The highest BCUT2D eigenvalue weighted by atomic mass is 79.9. The molecule has 0 bridgehead atoms. The minimum absolute atomic E-state index is 0.432. The second-order valence-corrected chi connectivity index (χ2v) is 7.48. The molecule has 0 amide bonds. The van der Waals surface area contributed by atoms with Crippen LogP contribution in [-0.4, -0.2) is 41.1 Å². The summed E-state index contributed by atoms with van der Waals surface area (Å²) in [6.07, 6.45) is 3.94. The zero-order valence-corrected chi connectivity index (χ0v) is 16.1. The number of nitrogens with one attached hydrogen (secondary N) is 1. The Morgan fingerprint density at radius 1 is 1.29 bits per heavy atom. The molecule has 0 aliphatic carbocycles. The summed E-state index contributed by atoms with van der Waals surface area (Å²) in [7, 11) is 2.17. The Morgan fingerprint density at radius 2 is 2.00 bits per heavy atom. The van der Waals surface area contributed by atoms with E-state index in [0.717, 1.165) is 47.0 Å². The van der Waals surface area contributed by atoms with Crippen LogP contribution in [-0.2, 0) is 6.54 Å².